The minimum atomic E-state index is -0.772. The second-order valence-corrected chi connectivity index (χ2v) is 9.32. The van der Waals surface area contributed by atoms with Gasteiger partial charge in [0.2, 0.25) is 0 Å². The Morgan fingerprint density at radius 2 is 1.66 bits per heavy atom. The summed E-state index contributed by atoms with van der Waals surface area (Å²) in [4.78, 5) is 30.4. The van der Waals surface area contributed by atoms with E-state index in [1.807, 2.05) is 6.92 Å². The second-order valence-electron chi connectivity index (χ2n) is 9.32. The quantitative estimate of drug-likeness (QED) is 0.172. The molecular weight excluding hydrogens is 484 g/mol. The minimum absolute atomic E-state index is 0.0563. The van der Waals surface area contributed by atoms with E-state index in [0.717, 1.165) is 37.2 Å². The number of benzene rings is 2. The number of aryl methyl sites for hydroxylation is 1. The van der Waals surface area contributed by atoms with Crippen LogP contribution < -0.4 is 14.2 Å². The number of carbonyl (C=O) groups is 2. The third-order valence-electron chi connectivity index (χ3n) is 7.02. The average molecular weight is 525 g/mol. The smallest absolute Gasteiger partial charge is 0.295 e. The van der Waals surface area contributed by atoms with E-state index in [9.17, 15) is 14.7 Å². The lowest BCUT2D eigenvalue weighted by molar-refractivity contribution is -0.140. The first-order valence-electron chi connectivity index (χ1n) is 13.3. The van der Waals surface area contributed by atoms with Gasteiger partial charge in [0.25, 0.3) is 11.7 Å². The van der Waals surface area contributed by atoms with Crippen molar-refractivity contribution in [3.05, 3.63) is 58.7 Å². The molecule has 2 aromatic rings. The molecule has 0 aromatic heterocycles. The lowest BCUT2D eigenvalue weighted by atomic mass is 9.94. The number of aliphatic hydroxyl groups excluding tert-OH is 1. The number of amides is 1. The Morgan fingerprint density at radius 1 is 0.974 bits per heavy atom. The number of unbranched alkanes of at least 4 members (excludes halogenated alkanes) is 1. The van der Waals surface area contributed by atoms with Crippen LogP contribution in [0, 0.1) is 6.92 Å². The van der Waals surface area contributed by atoms with Crippen LogP contribution in [0.3, 0.4) is 0 Å². The number of hydrogen-bond acceptors (Lipinski definition) is 7. The Hall–Kier alpha value is -3.52. The lowest BCUT2D eigenvalue weighted by Crippen LogP contribution is -2.38. The molecule has 1 N–H and O–H groups in total. The summed E-state index contributed by atoms with van der Waals surface area (Å²) in [5.74, 6) is 0.190. The molecule has 8 heteroatoms. The molecule has 38 heavy (non-hydrogen) atoms. The van der Waals surface area contributed by atoms with Gasteiger partial charge in [-0.25, -0.2) is 0 Å². The van der Waals surface area contributed by atoms with Crippen LogP contribution in [0.1, 0.15) is 56.3 Å². The Kier molecular flexibility index (Phi) is 10.2. The first-order chi connectivity index (χ1) is 18.3. The Labute approximate surface area is 225 Å². The van der Waals surface area contributed by atoms with Crippen molar-refractivity contribution in [3.8, 4) is 17.2 Å². The Balaban J connectivity index is 2.10. The van der Waals surface area contributed by atoms with Crippen molar-refractivity contribution in [2.75, 3.05) is 47.0 Å². The molecule has 0 saturated carbocycles. The van der Waals surface area contributed by atoms with Gasteiger partial charge in [-0.2, -0.15) is 0 Å². The number of methoxy groups -OCH3 is 2. The maximum Gasteiger partial charge on any atom is 0.295 e. The van der Waals surface area contributed by atoms with E-state index in [4.69, 9.17) is 14.2 Å². The van der Waals surface area contributed by atoms with Crippen LogP contribution in [0.4, 0.5) is 0 Å². The van der Waals surface area contributed by atoms with Gasteiger partial charge in [-0.05, 0) is 67.9 Å². The van der Waals surface area contributed by atoms with Gasteiger partial charge in [-0.1, -0.05) is 33.3 Å². The van der Waals surface area contributed by atoms with Crippen molar-refractivity contribution in [1.82, 2.24) is 9.80 Å². The molecule has 2 aromatic carbocycles. The number of likely N-dealkylation sites (N-methyl/N-ethyl adjacent to an activating group) is 1. The molecule has 0 unspecified atom stereocenters. The Morgan fingerprint density at radius 3 is 2.26 bits per heavy atom. The highest BCUT2D eigenvalue weighted by molar-refractivity contribution is 6.46. The zero-order valence-electron chi connectivity index (χ0n) is 23.4. The molecule has 1 aliphatic rings. The molecule has 1 fully saturated rings. The summed E-state index contributed by atoms with van der Waals surface area (Å²) in [5, 5.41) is 11.5. The maximum absolute atomic E-state index is 13.4. The van der Waals surface area contributed by atoms with Crippen molar-refractivity contribution >= 4 is 17.4 Å². The third-order valence-corrected chi connectivity index (χ3v) is 7.02. The maximum atomic E-state index is 13.4. The third kappa shape index (κ3) is 6.13. The molecule has 8 nitrogen and oxygen atoms in total. The van der Waals surface area contributed by atoms with Crippen LogP contribution in [-0.4, -0.2) is 73.6 Å². The highest BCUT2D eigenvalue weighted by Gasteiger charge is 2.46. The molecule has 1 atom stereocenters. The van der Waals surface area contributed by atoms with Gasteiger partial charge in [-0.3, -0.25) is 9.59 Å². The van der Waals surface area contributed by atoms with Crippen molar-refractivity contribution in [3.63, 3.8) is 0 Å². The number of ketones is 1. The summed E-state index contributed by atoms with van der Waals surface area (Å²) in [6.45, 7) is 11.3. The summed E-state index contributed by atoms with van der Waals surface area (Å²) in [7, 11) is 3.08. The van der Waals surface area contributed by atoms with Gasteiger partial charge < -0.3 is 29.1 Å². The minimum Gasteiger partial charge on any atom is -0.507 e. The fourth-order valence-electron chi connectivity index (χ4n) is 4.71. The molecule has 1 aliphatic heterocycles. The van der Waals surface area contributed by atoms with E-state index in [2.05, 4.69) is 25.7 Å². The second kappa shape index (κ2) is 13.3. The number of rotatable bonds is 13. The molecule has 206 valence electrons. The van der Waals surface area contributed by atoms with Gasteiger partial charge in [0.15, 0.2) is 11.5 Å². The van der Waals surface area contributed by atoms with Crippen LogP contribution in [-0.2, 0) is 9.59 Å². The first kappa shape index (κ1) is 29.0. The number of ether oxygens (including phenoxy) is 3. The topological polar surface area (TPSA) is 88.5 Å². The zero-order chi connectivity index (χ0) is 27.8. The summed E-state index contributed by atoms with van der Waals surface area (Å²) < 4.78 is 16.7. The fraction of sp³-hybridized carbons (Fsp3) is 0.467. The largest absolute Gasteiger partial charge is 0.507 e. The van der Waals surface area contributed by atoms with Crippen molar-refractivity contribution < 1.29 is 28.9 Å². The summed E-state index contributed by atoms with van der Waals surface area (Å²) >= 11 is 0. The predicted molar refractivity (Wildman–Crippen MR) is 148 cm³/mol. The molecule has 1 heterocycles. The highest BCUT2D eigenvalue weighted by atomic mass is 16.5. The van der Waals surface area contributed by atoms with Crippen LogP contribution in [0.15, 0.2) is 42.0 Å². The molecule has 1 saturated heterocycles. The molecule has 0 aliphatic carbocycles. The van der Waals surface area contributed by atoms with E-state index >= 15 is 0 Å². The Bertz CT molecular complexity index is 1170. The summed E-state index contributed by atoms with van der Waals surface area (Å²) in [5.41, 5.74) is 2.00. The van der Waals surface area contributed by atoms with Crippen molar-refractivity contribution in [1.29, 1.82) is 0 Å². The van der Waals surface area contributed by atoms with Crippen LogP contribution in [0.5, 0.6) is 17.2 Å². The monoisotopic (exact) mass is 524 g/mol. The average Bonchev–Trinajstić information content (AvgIpc) is 3.18. The molecular formula is C30H40N2O6. The van der Waals surface area contributed by atoms with Gasteiger partial charge in [0.05, 0.1) is 32.4 Å². The van der Waals surface area contributed by atoms with E-state index in [0.29, 0.717) is 42.3 Å². The number of carbonyl (C=O) groups excluding carboxylic acids is 2. The normalized spacial score (nSPS) is 16.8. The van der Waals surface area contributed by atoms with E-state index < -0.39 is 17.7 Å². The van der Waals surface area contributed by atoms with Gasteiger partial charge in [0, 0.05) is 18.7 Å². The van der Waals surface area contributed by atoms with E-state index in [1.165, 1.54) is 7.11 Å². The highest BCUT2D eigenvalue weighted by Crippen LogP contribution is 2.42. The van der Waals surface area contributed by atoms with Crippen molar-refractivity contribution in [2.45, 2.75) is 46.6 Å². The first-order valence-corrected chi connectivity index (χ1v) is 13.3. The zero-order valence-corrected chi connectivity index (χ0v) is 23.4. The molecule has 0 radical (unpaired) electrons. The molecule has 3 rings (SSSR count). The van der Waals surface area contributed by atoms with Crippen molar-refractivity contribution in [2.24, 2.45) is 0 Å². The number of likely N-dealkylation sites (tertiary alicyclic amines) is 1. The number of hydrogen-bond donors (Lipinski definition) is 1. The van der Waals surface area contributed by atoms with E-state index in [1.54, 1.807) is 48.4 Å². The standard InChI is InChI=1S/C30H40N2O6/c1-7-10-17-38-23-13-12-22(18-20(23)4)28(33)26-27(21-11-14-24(36-5)25(19-21)37-6)32(30(35)29(26)34)16-15-31(8-2)9-3/h11-14,18-19,27,33H,7-10,15-17H2,1-6H3/b28-26+/t27-/m1/s1. The SMILES string of the molecule is CCCCOc1ccc(/C(O)=C2\C(=O)C(=O)N(CCN(CC)CC)[C@@H]2c2ccc(OC)c(OC)c2)cc1C. The summed E-state index contributed by atoms with van der Waals surface area (Å²) in [6.07, 6.45) is 1.98. The molecule has 1 amide bonds. The molecule has 0 bridgehead atoms. The summed E-state index contributed by atoms with van der Waals surface area (Å²) in [6, 6.07) is 9.82. The predicted octanol–water partition coefficient (Wildman–Crippen LogP) is 4.95. The number of aliphatic hydroxyl groups is 1. The van der Waals surface area contributed by atoms with Gasteiger partial charge >= 0.3 is 0 Å². The van der Waals surface area contributed by atoms with Crippen LogP contribution >= 0.6 is 0 Å². The fourth-order valence-corrected chi connectivity index (χ4v) is 4.71. The molecule has 0 spiro atoms. The van der Waals surface area contributed by atoms with Gasteiger partial charge in [0.1, 0.15) is 11.5 Å². The van der Waals surface area contributed by atoms with Crippen LogP contribution in [0.2, 0.25) is 0 Å². The number of Topliss-reactive ketones (excluding diaryl/α,β-unsaturated/α-hetero) is 1. The van der Waals surface area contributed by atoms with Crippen LogP contribution in [0.25, 0.3) is 5.76 Å². The van der Waals surface area contributed by atoms with E-state index in [-0.39, 0.29) is 11.3 Å². The van der Waals surface area contributed by atoms with Gasteiger partial charge in [-0.15, -0.1) is 0 Å². The lowest BCUT2D eigenvalue weighted by Gasteiger charge is -2.28. The number of nitrogens with zero attached hydrogens (tertiary/aromatic N) is 2.